The van der Waals surface area contributed by atoms with E-state index < -0.39 is 0 Å². The molecular formula is C13H14Cl2O2. The normalized spacial score (nSPS) is 10.8. The largest absolute Gasteiger partial charge is 0.463 e. The van der Waals surface area contributed by atoms with E-state index in [2.05, 4.69) is 0 Å². The highest BCUT2D eigenvalue weighted by Crippen LogP contribution is 2.23. The molecule has 0 fully saturated rings. The predicted molar refractivity (Wildman–Crippen MR) is 71.4 cm³/mol. The third-order valence-electron chi connectivity index (χ3n) is 2.10. The van der Waals surface area contributed by atoms with Crippen molar-refractivity contribution in [3.8, 4) is 0 Å². The van der Waals surface area contributed by atoms with Crippen molar-refractivity contribution in [2.24, 2.45) is 0 Å². The lowest BCUT2D eigenvalue weighted by atomic mass is 10.2. The van der Waals surface area contributed by atoms with Crippen molar-refractivity contribution in [1.29, 1.82) is 0 Å². The standard InChI is InChI=1S/C13H14Cl2O2/c1-2-3-8-17-13(16)7-5-10-4-6-11(14)12(15)9-10/h4-7,9H,2-3,8H2,1H3/b7-5+. The van der Waals surface area contributed by atoms with Gasteiger partial charge in [0.1, 0.15) is 0 Å². The first-order valence-electron chi connectivity index (χ1n) is 5.43. The molecule has 1 rings (SSSR count). The average molecular weight is 273 g/mol. The van der Waals surface area contributed by atoms with Crippen molar-refractivity contribution in [3.05, 3.63) is 39.9 Å². The molecule has 0 aromatic heterocycles. The summed E-state index contributed by atoms with van der Waals surface area (Å²) in [5, 5.41) is 0.961. The number of hydrogen-bond donors (Lipinski definition) is 0. The minimum Gasteiger partial charge on any atom is -0.463 e. The summed E-state index contributed by atoms with van der Waals surface area (Å²) in [5.74, 6) is -0.343. The summed E-state index contributed by atoms with van der Waals surface area (Å²) in [5.41, 5.74) is 0.812. The van der Waals surface area contributed by atoms with Gasteiger partial charge in [0, 0.05) is 6.08 Å². The van der Waals surface area contributed by atoms with Gasteiger partial charge in [-0.25, -0.2) is 4.79 Å². The van der Waals surface area contributed by atoms with Crippen LogP contribution in [0.1, 0.15) is 25.3 Å². The summed E-state index contributed by atoms with van der Waals surface area (Å²) < 4.78 is 4.97. The summed E-state index contributed by atoms with van der Waals surface area (Å²) >= 11 is 11.6. The number of ether oxygens (including phenoxy) is 1. The van der Waals surface area contributed by atoms with Gasteiger partial charge in [0.2, 0.25) is 0 Å². The van der Waals surface area contributed by atoms with Crippen molar-refractivity contribution in [2.45, 2.75) is 19.8 Å². The van der Waals surface area contributed by atoms with E-state index in [1.54, 1.807) is 24.3 Å². The molecule has 1 aromatic carbocycles. The van der Waals surface area contributed by atoms with Gasteiger partial charge >= 0.3 is 5.97 Å². The van der Waals surface area contributed by atoms with Gasteiger partial charge in [0.15, 0.2) is 0 Å². The van der Waals surface area contributed by atoms with Crippen LogP contribution in [0, 0.1) is 0 Å². The molecule has 0 spiro atoms. The lowest BCUT2D eigenvalue weighted by molar-refractivity contribution is -0.137. The fourth-order valence-corrected chi connectivity index (χ4v) is 1.45. The Morgan fingerprint density at radius 3 is 2.76 bits per heavy atom. The van der Waals surface area contributed by atoms with E-state index in [0.29, 0.717) is 16.7 Å². The van der Waals surface area contributed by atoms with Gasteiger partial charge in [-0.05, 0) is 30.2 Å². The van der Waals surface area contributed by atoms with Crippen molar-refractivity contribution in [2.75, 3.05) is 6.61 Å². The Morgan fingerprint density at radius 2 is 2.12 bits per heavy atom. The van der Waals surface area contributed by atoms with E-state index in [-0.39, 0.29) is 5.97 Å². The van der Waals surface area contributed by atoms with Gasteiger partial charge in [-0.3, -0.25) is 0 Å². The zero-order valence-electron chi connectivity index (χ0n) is 9.58. The monoisotopic (exact) mass is 272 g/mol. The maximum atomic E-state index is 11.3. The van der Waals surface area contributed by atoms with Crippen LogP contribution in [0.5, 0.6) is 0 Å². The first-order chi connectivity index (χ1) is 8.13. The molecule has 4 heteroatoms. The second-order valence-electron chi connectivity index (χ2n) is 3.53. The number of benzene rings is 1. The lowest BCUT2D eigenvalue weighted by Crippen LogP contribution is -2.01. The molecule has 1 aromatic rings. The fourth-order valence-electron chi connectivity index (χ4n) is 1.15. The zero-order valence-corrected chi connectivity index (χ0v) is 11.1. The second-order valence-corrected chi connectivity index (χ2v) is 4.34. The summed E-state index contributed by atoms with van der Waals surface area (Å²) in [7, 11) is 0. The number of carbonyl (C=O) groups excluding carboxylic acids is 1. The quantitative estimate of drug-likeness (QED) is 0.453. The van der Waals surface area contributed by atoms with E-state index in [4.69, 9.17) is 27.9 Å². The van der Waals surface area contributed by atoms with E-state index in [1.165, 1.54) is 6.08 Å². The van der Waals surface area contributed by atoms with Crippen LogP contribution in [0.2, 0.25) is 10.0 Å². The van der Waals surface area contributed by atoms with E-state index >= 15 is 0 Å². The summed E-state index contributed by atoms with van der Waals surface area (Å²) in [4.78, 5) is 11.3. The molecule has 0 aliphatic carbocycles. The number of hydrogen-bond acceptors (Lipinski definition) is 2. The Kier molecular flexibility index (Phi) is 6.09. The highest BCUT2D eigenvalue weighted by molar-refractivity contribution is 6.42. The Labute approximate surface area is 111 Å². The van der Waals surface area contributed by atoms with Crippen LogP contribution in [0.3, 0.4) is 0 Å². The molecule has 0 atom stereocenters. The molecule has 92 valence electrons. The molecule has 2 nitrogen and oxygen atoms in total. The molecule has 0 aliphatic heterocycles. The highest BCUT2D eigenvalue weighted by Gasteiger charge is 1.99. The van der Waals surface area contributed by atoms with Crippen molar-refractivity contribution >= 4 is 35.2 Å². The van der Waals surface area contributed by atoms with Crippen LogP contribution in [0.15, 0.2) is 24.3 Å². The van der Waals surface area contributed by atoms with E-state index in [0.717, 1.165) is 18.4 Å². The average Bonchev–Trinajstić information content (AvgIpc) is 2.31. The number of carbonyl (C=O) groups is 1. The van der Waals surface area contributed by atoms with Crippen molar-refractivity contribution in [3.63, 3.8) is 0 Å². The predicted octanol–water partition coefficient (Wildman–Crippen LogP) is 4.35. The topological polar surface area (TPSA) is 26.3 Å². The minimum absolute atomic E-state index is 0.343. The van der Waals surface area contributed by atoms with Gasteiger partial charge in [0.25, 0.3) is 0 Å². The van der Waals surface area contributed by atoms with Crippen molar-refractivity contribution < 1.29 is 9.53 Å². The van der Waals surface area contributed by atoms with Gasteiger partial charge in [-0.2, -0.15) is 0 Å². The Balaban J connectivity index is 2.52. The first kappa shape index (κ1) is 14.1. The molecule has 0 bridgehead atoms. The van der Waals surface area contributed by atoms with Gasteiger partial charge < -0.3 is 4.74 Å². The molecule has 0 radical (unpaired) electrons. The Morgan fingerprint density at radius 1 is 1.35 bits per heavy atom. The fraction of sp³-hybridized carbons (Fsp3) is 0.308. The molecule has 17 heavy (non-hydrogen) atoms. The number of esters is 1. The molecule has 0 heterocycles. The molecular weight excluding hydrogens is 259 g/mol. The third kappa shape index (κ3) is 5.24. The summed E-state index contributed by atoms with van der Waals surface area (Å²) in [6, 6.07) is 5.16. The van der Waals surface area contributed by atoms with Crippen LogP contribution < -0.4 is 0 Å². The molecule has 0 aliphatic rings. The summed E-state index contributed by atoms with van der Waals surface area (Å²) in [6.07, 6.45) is 4.92. The van der Waals surface area contributed by atoms with Crippen molar-refractivity contribution in [1.82, 2.24) is 0 Å². The maximum Gasteiger partial charge on any atom is 0.330 e. The molecule has 0 unspecified atom stereocenters. The maximum absolute atomic E-state index is 11.3. The zero-order chi connectivity index (χ0) is 12.7. The molecule has 0 saturated carbocycles. The molecule has 0 amide bonds. The van der Waals surface area contributed by atoms with E-state index in [9.17, 15) is 4.79 Å². The van der Waals surface area contributed by atoms with Crippen LogP contribution >= 0.6 is 23.2 Å². The second kappa shape index (κ2) is 7.36. The number of rotatable bonds is 5. The van der Waals surface area contributed by atoms with Crippen LogP contribution in [-0.2, 0) is 9.53 Å². The third-order valence-corrected chi connectivity index (χ3v) is 2.84. The van der Waals surface area contributed by atoms with E-state index in [1.807, 2.05) is 6.92 Å². The number of unbranched alkanes of at least 4 members (excludes halogenated alkanes) is 1. The van der Waals surface area contributed by atoms with Gasteiger partial charge in [-0.1, -0.05) is 42.6 Å². The molecule has 0 saturated heterocycles. The minimum atomic E-state index is -0.343. The Bertz CT molecular complexity index is 414. The number of halogens is 2. The van der Waals surface area contributed by atoms with Crippen LogP contribution in [-0.4, -0.2) is 12.6 Å². The van der Waals surface area contributed by atoms with Gasteiger partial charge in [-0.15, -0.1) is 0 Å². The summed E-state index contributed by atoms with van der Waals surface area (Å²) in [6.45, 7) is 2.50. The smallest absolute Gasteiger partial charge is 0.330 e. The van der Waals surface area contributed by atoms with Gasteiger partial charge in [0.05, 0.1) is 16.7 Å². The SMILES string of the molecule is CCCCOC(=O)/C=C/c1ccc(Cl)c(Cl)c1. The Hall–Kier alpha value is -0.990. The van der Waals surface area contributed by atoms with Crippen LogP contribution in [0.25, 0.3) is 6.08 Å². The van der Waals surface area contributed by atoms with Crippen LogP contribution in [0.4, 0.5) is 0 Å². The molecule has 0 N–H and O–H groups in total. The first-order valence-corrected chi connectivity index (χ1v) is 6.19. The lowest BCUT2D eigenvalue weighted by Gasteiger charge is -2.00. The highest BCUT2D eigenvalue weighted by atomic mass is 35.5.